The Kier molecular flexibility index (Phi) is 7.73. The average Bonchev–Trinajstić information content (AvgIpc) is 2.56. The summed E-state index contributed by atoms with van der Waals surface area (Å²) in [4.78, 5) is 45.6. The highest BCUT2D eigenvalue weighted by molar-refractivity contribution is 5.89. The second-order valence-corrected chi connectivity index (χ2v) is 5.79. The summed E-state index contributed by atoms with van der Waals surface area (Å²) in [7, 11) is 2.68. The number of amides is 1. The van der Waals surface area contributed by atoms with E-state index in [1.165, 1.54) is 14.1 Å². The van der Waals surface area contributed by atoms with Crippen molar-refractivity contribution in [3.63, 3.8) is 0 Å². The molecular weight excluding hydrogens is 342 g/mol. The highest BCUT2D eigenvalue weighted by Crippen LogP contribution is 2.11. The second kappa shape index (κ2) is 9.52. The third-order valence-corrected chi connectivity index (χ3v) is 3.04. The van der Waals surface area contributed by atoms with Crippen molar-refractivity contribution in [1.82, 2.24) is 5.06 Å². The van der Waals surface area contributed by atoms with Crippen molar-refractivity contribution >= 4 is 24.0 Å². The largest absolute Gasteiger partial charge is 0.454 e. The number of nitrogens with one attached hydrogen (secondary N) is 1. The van der Waals surface area contributed by atoms with Crippen LogP contribution >= 0.6 is 0 Å². The van der Waals surface area contributed by atoms with E-state index in [0.29, 0.717) is 17.0 Å². The van der Waals surface area contributed by atoms with E-state index in [1.807, 2.05) is 0 Å². The minimum Gasteiger partial charge on any atom is -0.447 e. The molecule has 142 valence electrons. The molecule has 0 aromatic heterocycles. The molecule has 0 saturated heterocycles. The lowest BCUT2D eigenvalue weighted by molar-refractivity contribution is -0.991. The summed E-state index contributed by atoms with van der Waals surface area (Å²) in [6, 6.07) is 8.78. The summed E-state index contributed by atoms with van der Waals surface area (Å²) in [5, 5.41) is 8.52. The molecule has 0 aliphatic rings. The minimum absolute atomic E-state index is 0.0832. The highest BCUT2D eigenvalue weighted by Gasteiger charge is 2.40. The molecular formula is C17H24N3O6+. The van der Waals surface area contributed by atoms with Crippen molar-refractivity contribution < 1.29 is 33.4 Å². The quantitative estimate of drug-likeness (QED) is 0.378. The van der Waals surface area contributed by atoms with E-state index in [0.717, 1.165) is 6.92 Å². The molecule has 0 aliphatic carbocycles. The van der Waals surface area contributed by atoms with Crippen LogP contribution in [0.15, 0.2) is 30.3 Å². The Labute approximate surface area is 152 Å². The van der Waals surface area contributed by atoms with Crippen molar-refractivity contribution in [3.05, 3.63) is 35.9 Å². The van der Waals surface area contributed by atoms with Gasteiger partial charge in [-0.15, -0.1) is 0 Å². The standard InChI is InChI=1S/C17H24N3O6/c1-5-11-24-17(23)19(16(18)20(3,4)26-13(2)21)25-15(22)12-14-9-7-6-8-10-14/h6-10,18H,5,11-12H2,1-4H3/q+1. The number of rotatable bonds is 4. The van der Waals surface area contributed by atoms with Crippen LogP contribution in [0.2, 0.25) is 0 Å². The van der Waals surface area contributed by atoms with Gasteiger partial charge in [0.15, 0.2) is 0 Å². The predicted molar refractivity (Wildman–Crippen MR) is 91.3 cm³/mol. The summed E-state index contributed by atoms with van der Waals surface area (Å²) in [6.45, 7) is 3.04. The number of nitrogens with zero attached hydrogens (tertiary/aromatic N) is 2. The summed E-state index contributed by atoms with van der Waals surface area (Å²) in [5.74, 6) is -2.03. The molecule has 1 N–H and O–H groups in total. The normalized spacial score (nSPS) is 10.6. The number of benzene rings is 1. The van der Waals surface area contributed by atoms with Gasteiger partial charge in [0.05, 0.1) is 13.0 Å². The molecule has 1 aromatic rings. The minimum atomic E-state index is -1.04. The molecule has 1 rings (SSSR count). The monoisotopic (exact) mass is 366 g/mol. The van der Waals surface area contributed by atoms with Gasteiger partial charge in [-0.3, -0.25) is 4.84 Å². The van der Waals surface area contributed by atoms with Gasteiger partial charge in [0.25, 0.3) is 0 Å². The lowest BCUT2D eigenvalue weighted by Crippen LogP contribution is -2.56. The van der Waals surface area contributed by atoms with Gasteiger partial charge in [0.1, 0.15) is 14.1 Å². The average molecular weight is 366 g/mol. The third kappa shape index (κ3) is 6.52. The zero-order chi connectivity index (χ0) is 19.7. The first-order chi connectivity index (χ1) is 12.2. The van der Waals surface area contributed by atoms with Crippen molar-refractivity contribution in [3.8, 4) is 0 Å². The van der Waals surface area contributed by atoms with Gasteiger partial charge in [-0.05, 0) is 17.0 Å². The lowest BCUT2D eigenvalue weighted by atomic mass is 10.2. The van der Waals surface area contributed by atoms with Gasteiger partial charge in [-0.25, -0.2) is 19.8 Å². The highest BCUT2D eigenvalue weighted by atomic mass is 16.8. The molecule has 0 heterocycles. The van der Waals surface area contributed by atoms with Crippen LogP contribution < -0.4 is 0 Å². The number of carbonyl (C=O) groups is 3. The van der Waals surface area contributed by atoms with Crippen molar-refractivity contribution in [2.75, 3.05) is 20.7 Å². The number of quaternary nitrogens is 1. The first-order valence-corrected chi connectivity index (χ1v) is 8.02. The fraction of sp³-hybridized carbons (Fsp3) is 0.412. The molecule has 0 unspecified atom stereocenters. The maximum Gasteiger partial charge on any atom is 0.454 e. The number of hydroxylamine groups is 5. The number of hydrogen-bond acceptors (Lipinski definition) is 7. The fourth-order valence-electron chi connectivity index (χ4n) is 1.89. The summed E-state index contributed by atoms with van der Waals surface area (Å²) in [6.07, 6.45) is -0.601. The van der Waals surface area contributed by atoms with Crippen LogP contribution in [-0.2, 0) is 30.4 Å². The van der Waals surface area contributed by atoms with Crippen LogP contribution in [0.4, 0.5) is 4.79 Å². The predicted octanol–water partition coefficient (Wildman–Crippen LogP) is 2.03. The van der Waals surface area contributed by atoms with Crippen molar-refractivity contribution in [2.24, 2.45) is 0 Å². The Balaban J connectivity index is 2.93. The summed E-state index contributed by atoms with van der Waals surface area (Å²) < 4.78 is 4.18. The van der Waals surface area contributed by atoms with Crippen LogP contribution in [0.3, 0.4) is 0 Å². The maximum atomic E-state index is 12.2. The zero-order valence-electron chi connectivity index (χ0n) is 15.4. The summed E-state index contributed by atoms with van der Waals surface area (Å²) in [5.41, 5.74) is 0.680. The fourth-order valence-corrected chi connectivity index (χ4v) is 1.89. The van der Waals surface area contributed by atoms with Gasteiger partial charge >= 0.3 is 24.0 Å². The molecule has 9 nitrogen and oxygen atoms in total. The summed E-state index contributed by atoms with van der Waals surface area (Å²) >= 11 is 0. The SMILES string of the molecule is CCCOC(=O)N(OC(=O)Cc1ccccc1)C(=N)[N+](C)(C)OC(C)=O. The molecule has 9 heteroatoms. The van der Waals surface area contributed by atoms with Gasteiger partial charge in [0.2, 0.25) is 0 Å². The van der Waals surface area contributed by atoms with E-state index in [1.54, 1.807) is 37.3 Å². The molecule has 0 bridgehead atoms. The van der Waals surface area contributed by atoms with Crippen molar-refractivity contribution in [1.29, 1.82) is 5.41 Å². The van der Waals surface area contributed by atoms with E-state index in [9.17, 15) is 14.4 Å². The maximum absolute atomic E-state index is 12.2. The number of carbonyl (C=O) groups excluding carboxylic acids is 3. The van der Waals surface area contributed by atoms with E-state index in [4.69, 9.17) is 19.8 Å². The molecule has 0 atom stereocenters. The Morgan fingerprint density at radius 3 is 2.31 bits per heavy atom. The van der Waals surface area contributed by atoms with Gasteiger partial charge in [-0.1, -0.05) is 41.9 Å². The molecule has 0 aliphatic heterocycles. The first-order valence-electron chi connectivity index (χ1n) is 8.02. The van der Waals surface area contributed by atoms with Crippen molar-refractivity contribution in [2.45, 2.75) is 26.7 Å². The Morgan fingerprint density at radius 2 is 1.77 bits per heavy atom. The topological polar surface area (TPSA) is 106 Å². The molecule has 0 saturated carbocycles. The van der Waals surface area contributed by atoms with E-state index in [2.05, 4.69) is 0 Å². The molecule has 0 radical (unpaired) electrons. The van der Waals surface area contributed by atoms with Gasteiger partial charge in [-0.2, -0.15) is 0 Å². The van der Waals surface area contributed by atoms with E-state index in [-0.39, 0.29) is 13.0 Å². The van der Waals surface area contributed by atoms with Crippen LogP contribution in [0.25, 0.3) is 0 Å². The Bertz CT molecular complexity index is 660. The second-order valence-electron chi connectivity index (χ2n) is 5.79. The molecule has 0 spiro atoms. The number of ether oxygens (including phenoxy) is 1. The van der Waals surface area contributed by atoms with Gasteiger partial charge < -0.3 is 9.57 Å². The molecule has 1 amide bonds. The van der Waals surface area contributed by atoms with Crippen LogP contribution in [0.1, 0.15) is 25.8 Å². The Hall–Kier alpha value is -2.94. The Morgan fingerprint density at radius 1 is 1.15 bits per heavy atom. The van der Waals surface area contributed by atoms with Gasteiger partial charge in [0, 0.05) is 6.92 Å². The smallest absolute Gasteiger partial charge is 0.447 e. The number of guanidine groups is 1. The van der Waals surface area contributed by atoms with Crippen LogP contribution in [0, 0.1) is 5.41 Å². The third-order valence-electron chi connectivity index (χ3n) is 3.04. The first kappa shape index (κ1) is 21.1. The van der Waals surface area contributed by atoms with Crippen LogP contribution in [0.5, 0.6) is 0 Å². The van der Waals surface area contributed by atoms with Crippen LogP contribution in [-0.4, -0.2) is 54.4 Å². The van der Waals surface area contributed by atoms with E-state index < -0.39 is 28.6 Å². The zero-order valence-corrected chi connectivity index (χ0v) is 15.4. The molecule has 26 heavy (non-hydrogen) atoms. The number of hydrogen-bond donors (Lipinski definition) is 1. The lowest BCUT2D eigenvalue weighted by Gasteiger charge is -2.29. The molecule has 0 fully saturated rings. The molecule has 1 aromatic carbocycles. The van der Waals surface area contributed by atoms with E-state index >= 15 is 0 Å².